The molecule has 0 radical (unpaired) electrons. The van der Waals surface area contributed by atoms with Crippen LogP contribution < -0.4 is 5.32 Å². The van der Waals surface area contributed by atoms with Gasteiger partial charge in [0.25, 0.3) is 0 Å². The molecule has 1 aliphatic heterocycles. The van der Waals surface area contributed by atoms with Gasteiger partial charge in [-0.05, 0) is 43.5 Å². The molecule has 0 aliphatic carbocycles. The van der Waals surface area contributed by atoms with Crippen LogP contribution in [0.15, 0.2) is 48.9 Å². The maximum absolute atomic E-state index is 12.7. The van der Waals surface area contributed by atoms with E-state index in [0.29, 0.717) is 18.9 Å². The van der Waals surface area contributed by atoms with Crippen molar-refractivity contribution >= 4 is 23.3 Å². The van der Waals surface area contributed by atoms with Crippen LogP contribution in [0.1, 0.15) is 24.1 Å². The van der Waals surface area contributed by atoms with Crippen molar-refractivity contribution in [3.8, 4) is 0 Å². The molecule has 0 spiro atoms. The van der Waals surface area contributed by atoms with Crippen LogP contribution in [0.5, 0.6) is 0 Å². The van der Waals surface area contributed by atoms with E-state index in [9.17, 15) is 9.59 Å². The highest BCUT2D eigenvalue weighted by atomic mass is 16.2. The van der Waals surface area contributed by atoms with E-state index in [4.69, 9.17) is 0 Å². The third-order valence-electron chi connectivity index (χ3n) is 5.05. The lowest BCUT2D eigenvalue weighted by atomic mass is 9.96. The summed E-state index contributed by atoms with van der Waals surface area (Å²) < 4.78 is 1.91. The van der Waals surface area contributed by atoms with Gasteiger partial charge in [0.15, 0.2) is 0 Å². The van der Waals surface area contributed by atoms with Gasteiger partial charge in [0.05, 0.1) is 18.0 Å². The molecule has 2 amide bonds. The summed E-state index contributed by atoms with van der Waals surface area (Å²) in [7, 11) is 0. The monoisotopic (exact) mass is 377 g/mol. The van der Waals surface area contributed by atoms with Gasteiger partial charge in [-0.25, -0.2) is 9.97 Å². The number of pyridine rings is 2. The smallest absolute Gasteiger partial charge is 0.230 e. The number of hydrogen-bond acceptors (Lipinski definition) is 4. The van der Waals surface area contributed by atoms with E-state index in [-0.39, 0.29) is 24.2 Å². The number of rotatable bonds is 4. The Labute approximate surface area is 163 Å². The number of piperidine rings is 1. The summed E-state index contributed by atoms with van der Waals surface area (Å²) in [5.41, 5.74) is 2.61. The third kappa shape index (κ3) is 4.03. The van der Waals surface area contributed by atoms with Crippen LogP contribution in [0.4, 0.5) is 5.82 Å². The van der Waals surface area contributed by atoms with Crippen LogP contribution in [0.2, 0.25) is 0 Å². The van der Waals surface area contributed by atoms with E-state index in [1.54, 1.807) is 17.2 Å². The third-order valence-corrected chi connectivity index (χ3v) is 5.05. The number of aromatic nitrogens is 3. The molecule has 0 saturated carbocycles. The second-order valence-electron chi connectivity index (χ2n) is 7.26. The number of carbonyl (C=O) groups is 2. The highest BCUT2D eigenvalue weighted by Gasteiger charge is 2.29. The molecule has 7 nitrogen and oxygen atoms in total. The van der Waals surface area contributed by atoms with Gasteiger partial charge < -0.3 is 14.6 Å². The van der Waals surface area contributed by atoms with Crippen LogP contribution >= 0.6 is 0 Å². The van der Waals surface area contributed by atoms with Crippen molar-refractivity contribution < 1.29 is 9.59 Å². The zero-order valence-electron chi connectivity index (χ0n) is 15.8. The fourth-order valence-electron chi connectivity index (χ4n) is 3.53. The molecular weight excluding hydrogens is 354 g/mol. The molecule has 7 heteroatoms. The maximum atomic E-state index is 12.7. The predicted molar refractivity (Wildman–Crippen MR) is 106 cm³/mol. The van der Waals surface area contributed by atoms with Gasteiger partial charge in [-0.2, -0.15) is 0 Å². The van der Waals surface area contributed by atoms with Crippen molar-refractivity contribution in [3.05, 3.63) is 60.2 Å². The molecule has 28 heavy (non-hydrogen) atoms. The zero-order chi connectivity index (χ0) is 19.5. The van der Waals surface area contributed by atoms with Crippen LogP contribution in [0, 0.1) is 12.8 Å². The Morgan fingerprint density at radius 2 is 2.14 bits per heavy atom. The molecule has 1 saturated heterocycles. The van der Waals surface area contributed by atoms with Crippen molar-refractivity contribution in [1.82, 2.24) is 19.3 Å². The zero-order valence-corrected chi connectivity index (χ0v) is 15.8. The Bertz CT molecular complexity index is 962. The SMILES string of the molecule is Cc1ccc(NC(=O)C2CCCN(C(=O)Cc3cn4ccccc4n3)C2)nc1. The quantitative estimate of drug-likeness (QED) is 0.757. The Balaban J connectivity index is 1.37. The highest BCUT2D eigenvalue weighted by molar-refractivity contribution is 5.92. The number of imidazole rings is 1. The lowest BCUT2D eigenvalue weighted by molar-refractivity contribution is -0.134. The van der Waals surface area contributed by atoms with Crippen LogP contribution in [0.25, 0.3) is 5.65 Å². The second-order valence-corrected chi connectivity index (χ2v) is 7.26. The average Bonchev–Trinajstić information content (AvgIpc) is 3.12. The lowest BCUT2D eigenvalue weighted by Gasteiger charge is -2.32. The number of nitrogens with zero attached hydrogens (tertiary/aromatic N) is 4. The average molecular weight is 377 g/mol. The van der Waals surface area contributed by atoms with E-state index in [2.05, 4.69) is 15.3 Å². The Hall–Kier alpha value is -3.22. The van der Waals surface area contributed by atoms with Crippen molar-refractivity contribution in [2.24, 2.45) is 5.92 Å². The maximum Gasteiger partial charge on any atom is 0.230 e. The first-order valence-electron chi connectivity index (χ1n) is 9.52. The molecule has 0 aromatic carbocycles. The van der Waals surface area contributed by atoms with Gasteiger partial charge in [0.1, 0.15) is 11.5 Å². The largest absolute Gasteiger partial charge is 0.342 e. The molecule has 1 aliphatic rings. The molecule has 4 rings (SSSR count). The molecular formula is C21H23N5O2. The number of amides is 2. The molecule has 0 bridgehead atoms. The molecule has 144 valence electrons. The highest BCUT2D eigenvalue weighted by Crippen LogP contribution is 2.19. The summed E-state index contributed by atoms with van der Waals surface area (Å²) >= 11 is 0. The molecule has 1 N–H and O–H groups in total. The number of anilines is 1. The van der Waals surface area contributed by atoms with E-state index in [1.165, 1.54) is 0 Å². The standard InChI is InChI=1S/C21H23N5O2/c1-15-7-8-18(22-12-15)24-21(28)16-5-4-10-26(13-16)20(27)11-17-14-25-9-3-2-6-19(25)23-17/h2-3,6-9,12,14,16H,4-5,10-11,13H2,1H3,(H,22,24,28). The number of fused-ring (bicyclic) bond motifs is 1. The number of aryl methyl sites for hydroxylation is 1. The summed E-state index contributed by atoms with van der Waals surface area (Å²) in [6.07, 6.45) is 7.35. The van der Waals surface area contributed by atoms with Crippen molar-refractivity contribution in [2.75, 3.05) is 18.4 Å². The summed E-state index contributed by atoms with van der Waals surface area (Å²) in [5.74, 6) is 0.251. The van der Waals surface area contributed by atoms with Crippen molar-refractivity contribution in [3.63, 3.8) is 0 Å². The normalized spacial score (nSPS) is 16.9. The molecule has 1 fully saturated rings. The molecule has 4 heterocycles. The lowest BCUT2D eigenvalue weighted by Crippen LogP contribution is -2.44. The number of likely N-dealkylation sites (tertiary alicyclic amines) is 1. The predicted octanol–water partition coefficient (Wildman–Crippen LogP) is 2.46. The van der Waals surface area contributed by atoms with Crippen molar-refractivity contribution in [1.29, 1.82) is 0 Å². The first kappa shape index (κ1) is 18.2. The first-order valence-corrected chi connectivity index (χ1v) is 9.52. The van der Waals surface area contributed by atoms with Crippen molar-refractivity contribution in [2.45, 2.75) is 26.2 Å². The van der Waals surface area contributed by atoms with Crippen LogP contribution in [0.3, 0.4) is 0 Å². The first-order chi connectivity index (χ1) is 13.6. The summed E-state index contributed by atoms with van der Waals surface area (Å²) in [6, 6.07) is 9.46. The van der Waals surface area contributed by atoms with Gasteiger partial charge in [-0.3, -0.25) is 9.59 Å². The number of hydrogen-bond donors (Lipinski definition) is 1. The Morgan fingerprint density at radius 1 is 1.25 bits per heavy atom. The molecule has 3 aromatic rings. The summed E-state index contributed by atoms with van der Waals surface area (Å²) in [6.45, 7) is 3.06. The van der Waals surface area contributed by atoms with Crippen LogP contribution in [-0.2, 0) is 16.0 Å². The van der Waals surface area contributed by atoms with E-state index in [1.807, 2.05) is 48.0 Å². The van der Waals surface area contributed by atoms with E-state index >= 15 is 0 Å². The minimum atomic E-state index is -0.220. The topological polar surface area (TPSA) is 79.6 Å². The minimum absolute atomic E-state index is 0.00867. The van der Waals surface area contributed by atoms with Gasteiger partial charge in [0.2, 0.25) is 11.8 Å². The van der Waals surface area contributed by atoms with Gasteiger partial charge in [-0.15, -0.1) is 0 Å². The molecule has 1 unspecified atom stereocenters. The number of nitrogens with one attached hydrogen (secondary N) is 1. The Kier molecular flexibility index (Phi) is 5.06. The summed E-state index contributed by atoms with van der Waals surface area (Å²) in [5, 5.41) is 2.86. The van der Waals surface area contributed by atoms with Crippen LogP contribution in [-0.4, -0.2) is 44.2 Å². The fourth-order valence-corrected chi connectivity index (χ4v) is 3.53. The fraction of sp³-hybridized carbons (Fsp3) is 0.333. The summed E-state index contributed by atoms with van der Waals surface area (Å²) in [4.78, 5) is 35.8. The van der Waals surface area contributed by atoms with Gasteiger partial charge in [0, 0.05) is 31.7 Å². The van der Waals surface area contributed by atoms with Gasteiger partial charge >= 0.3 is 0 Å². The van der Waals surface area contributed by atoms with E-state index in [0.717, 1.165) is 29.7 Å². The second kappa shape index (κ2) is 7.80. The molecule has 1 atom stereocenters. The number of carbonyl (C=O) groups excluding carboxylic acids is 2. The van der Waals surface area contributed by atoms with E-state index < -0.39 is 0 Å². The molecule has 3 aromatic heterocycles. The van der Waals surface area contributed by atoms with Gasteiger partial charge in [-0.1, -0.05) is 12.1 Å². The minimum Gasteiger partial charge on any atom is -0.342 e. The Morgan fingerprint density at radius 3 is 2.93 bits per heavy atom.